The van der Waals surface area contributed by atoms with E-state index < -0.39 is 0 Å². The van der Waals surface area contributed by atoms with Crippen LogP contribution in [-0.4, -0.2) is 0 Å². The van der Waals surface area contributed by atoms with E-state index in [1.54, 1.807) is 33.4 Å². The maximum absolute atomic E-state index is 2.47. The van der Waals surface area contributed by atoms with E-state index in [1.807, 2.05) is 0 Å². The molecule has 136 valence electrons. The molecule has 2 aromatic rings. The maximum atomic E-state index is 2.47. The molecule has 0 N–H and O–H groups in total. The van der Waals surface area contributed by atoms with E-state index in [0.29, 0.717) is 0 Å². The number of rotatable bonds is 8. The Morgan fingerprint density at radius 3 is 1.08 bits per heavy atom. The summed E-state index contributed by atoms with van der Waals surface area (Å²) in [6.07, 6.45) is 7.89. The highest BCUT2D eigenvalue weighted by Gasteiger charge is 2.13. The molecule has 0 fully saturated rings. The van der Waals surface area contributed by atoms with Crippen LogP contribution in [0.15, 0.2) is 24.3 Å². The maximum Gasteiger partial charge on any atom is -0.00199 e. The highest BCUT2D eigenvalue weighted by molar-refractivity contribution is 5.46. The molecule has 2 rings (SSSR count). The van der Waals surface area contributed by atoms with E-state index in [2.05, 4.69) is 65.8 Å². The molecule has 0 aromatic heterocycles. The van der Waals surface area contributed by atoms with Crippen molar-refractivity contribution in [3.63, 3.8) is 0 Å². The Morgan fingerprint density at radius 2 is 0.800 bits per heavy atom. The first-order chi connectivity index (χ1) is 12.1. The first-order valence-electron chi connectivity index (χ1n) is 10.4. The van der Waals surface area contributed by atoms with Gasteiger partial charge in [0.25, 0.3) is 0 Å². The van der Waals surface area contributed by atoms with Crippen LogP contribution in [0.2, 0.25) is 0 Å². The second kappa shape index (κ2) is 9.22. The predicted octanol–water partition coefficient (Wildman–Crippen LogP) is 6.65. The lowest BCUT2D eigenvalue weighted by Gasteiger charge is -2.19. The number of hydrogen-bond donors (Lipinski definition) is 0. The fourth-order valence-electron chi connectivity index (χ4n) is 4.21. The van der Waals surface area contributed by atoms with Gasteiger partial charge in [0.15, 0.2) is 0 Å². The molecule has 0 atom stereocenters. The van der Waals surface area contributed by atoms with E-state index in [1.165, 1.54) is 11.1 Å². The van der Waals surface area contributed by atoms with Crippen LogP contribution in [0.1, 0.15) is 86.1 Å². The van der Waals surface area contributed by atoms with Gasteiger partial charge in [-0.05, 0) is 89.5 Å². The molecular formula is C25H36. The Hall–Kier alpha value is -1.56. The predicted molar refractivity (Wildman–Crippen MR) is 112 cm³/mol. The minimum Gasteiger partial charge on any atom is -0.0613 e. The zero-order valence-electron chi connectivity index (χ0n) is 17.3. The lowest BCUT2D eigenvalue weighted by molar-refractivity contribution is 0.944. The topological polar surface area (TPSA) is 0 Å². The summed E-state index contributed by atoms with van der Waals surface area (Å²) in [5, 5.41) is 0. The summed E-state index contributed by atoms with van der Waals surface area (Å²) in [7, 11) is 0. The van der Waals surface area contributed by atoms with Crippen LogP contribution in [0.25, 0.3) is 0 Å². The molecular weight excluding hydrogens is 300 g/mol. The van der Waals surface area contributed by atoms with Crippen LogP contribution >= 0.6 is 0 Å². The zero-order valence-corrected chi connectivity index (χ0v) is 17.3. The third-order valence-electron chi connectivity index (χ3n) is 5.66. The molecule has 0 aliphatic rings. The molecule has 0 aliphatic carbocycles. The first kappa shape index (κ1) is 19.8. The minimum absolute atomic E-state index is 1.09. The van der Waals surface area contributed by atoms with Crippen molar-refractivity contribution in [1.29, 1.82) is 0 Å². The van der Waals surface area contributed by atoms with Crippen LogP contribution < -0.4 is 0 Å². The lowest BCUT2D eigenvalue weighted by Crippen LogP contribution is -2.06. The van der Waals surface area contributed by atoms with Crippen molar-refractivity contribution in [1.82, 2.24) is 0 Å². The van der Waals surface area contributed by atoms with Crippen LogP contribution in [0.5, 0.6) is 0 Å². The molecule has 0 bridgehead atoms. The summed E-state index contributed by atoms with van der Waals surface area (Å²) in [5.41, 5.74) is 12.4. The van der Waals surface area contributed by atoms with E-state index >= 15 is 0 Å². The van der Waals surface area contributed by atoms with Crippen molar-refractivity contribution in [2.45, 2.75) is 86.5 Å². The van der Waals surface area contributed by atoms with Gasteiger partial charge in [0.05, 0.1) is 0 Å². The van der Waals surface area contributed by atoms with Crippen LogP contribution in [0, 0.1) is 0 Å². The number of aryl methyl sites for hydroxylation is 4. The van der Waals surface area contributed by atoms with E-state index in [9.17, 15) is 0 Å². The summed E-state index contributed by atoms with van der Waals surface area (Å²) in [6, 6.07) is 9.81. The third-order valence-corrected chi connectivity index (χ3v) is 5.66. The second-order valence-corrected chi connectivity index (χ2v) is 7.08. The highest BCUT2D eigenvalue weighted by Crippen LogP contribution is 2.27. The van der Waals surface area contributed by atoms with Gasteiger partial charge in [0, 0.05) is 0 Å². The van der Waals surface area contributed by atoms with Crippen molar-refractivity contribution < 1.29 is 0 Å². The summed E-state index contributed by atoms with van der Waals surface area (Å²) in [6.45, 7) is 13.8. The summed E-state index contributed by atoms with van der Waals surface area (Å²) < 4.78 is 0. The van der Waals surface area contributed by atoms with Crippen LogP contribution in [-0.2, 0) is 44.9 Å². The van der Waals surface area contributed by atoms with Crippen LogP contribution in [0.3, 0.4) is 0 Å². The first-order valence-corrected chi connectivity index (χ1v) is 10.4. The molecule has 25 heavy (non-hydrogen) atoms. The Labute approximate surface area is 155 Å². The average molecular weight is 337 g/mol. The molecule has 0 unspecified atom stereocenters. The van der Waals surface area contributed by atoms with Crippen molar-refractivity contribution in [2.75, 3.05) is 0 Å². The van der Waals surface area contributed by atoms with Gasteiger partial charge >= 0.3 is 0 Å². The van der Waals surface area contributed by atoms with Gasteiger partial charge in [-0.25, -0.2) is 0 Å². The van der Waals surface area contributed by atoms with Gasteiger partial charge < -0.3 is 0 Å². The monoisotopic (exact) mass is 336 g/mol. The minimum atomic E-state index is 1.09. The van der Waals surface area contributed by atoms with Gasteiger partial charge in [-0.15, -0.1) is 0 Å². The molecule has 0 spiro atoms. The average Bonchev–Trinajstić information content (AvgIpc) is 2.66. The van der Waals surface area contributed by atoms with Gasteiger partial charge in [0.1, 0.15) is 0 Å². The van der Waals surface area contributed by atoms with Gasteiger partial charge in [-0.1, -0.05) is 65.8 Å². The Balaban J connectivity index is 2.59. The highest BCUT2D eigenvalue weighted by atomic mass is 14.2. The molecule has 0 heteroatoms. The molecule has 0 nitrogen and oxygen atoms in total. The van der Waals surface area contributed by atoms with Crippen molar-refractivity contribution in [2.24, 2.45) is 0 Å². The Kier molecular flexibility index (Phi) is 7.29. The van der Waals surface area contributed by atoms with Gasteiger partial charge in [-0.2, -0.15) is 0 Å². The van der Waals surface area contributed by atoms with E-state index in [-0.39, 0.29) is 0 Å². The molecule has 2 aromatic carbocycles. The van der Waals surface area contributed by atoms with Crippen molar-refractivity contribution >= 4 is 0 Å². The normalized spacial score (nSPS) is 11.1. The summed E-state index contributed by atoms with van der Waals surface area (Å²) in [5.74, 6) is 0. The molecule has 0 amide bonds. The second-order valence-electron chi connectivity index (χ2n) is 7.08. The smallest absolute Gasteiger partial charge is 0.00199 e. The standard InChI is InChI=1S/C25H36/c1-7-18-13-20(9-3)24(11-5)22(15-18)17-23-16-19(8-2)14-21(10-4)25(23)12-6/h13-16H,7-12,17H2,1-6H3. The van der Waals surface area contributed by atoms with E-state index in [0.717, 1.165) is 44.9 Å². The molecule has 0 saturated carbocycles. The van der Waals surface area contributed by atoms with Gasteiger partial charge in [0.2, 0.25) is 0 Å². The molecule has 0 saturated heterocycles. The molecule has 0 aliphatic heterocycles. The Morgan fingerprint density at radius 1 is 0.440 bits per heavy atom. The summed E-state index contributed by atoms with van der Waals surface area (Å²) >= 11 is 0. The Bertz CT molecular complexity index is 645. The van der Waals surface area contributed by atoms with Gasteiger partial charge in [-0.3, -0.25) is 0 Å². The number of benzene rings is 2. The zero-order chi connectivity index (χ0) is 18.4. The molecule has 0 heterocycles. The SMILES string of the molecule is CCc1cc(CC)c(CC)c(Cc2cc(CC)cc(CC)c2CC)c1. The van der Waals surface area contributed by atoms with Crippen LogP contribution in [0.4, 0.5) is 0 Å². The number of hydrogen-bond acceptors (Lipinski definition) is 0. The largest absolute Gasteiger partial charge is 0.0613 e. The molecule has 0 radical (unpaired) electrons. The van der Waals surface area contributed by atoms with E-state index in [4.69, 9.17) is 0 Å². The van der Waals surface area contributed by atoms with Crippen molar-refractivity contribution in [3.05, 3.63) is 68.8 Å². The van der Waals surface area contributed by atoms with Crippen molar-refractivity contribution in [3.8, 4) is 0 Å². The fourth-order valence-corrected chi connectivity index (χ4v) is 4.21. The fraction of sp³-hybridized carbons (Fsp3) is 0.520. The summed E-state index contributed by atoms with van der Waals surface area (Å²) in [4.78, 5) is 0. The third kappa shape index (κ3) is 4.35. The quantitative estimate of drug-likeness (QED) is 0.506. The lowest BCUT2D eigenvalue weighted by atomic mass is 9.86.